The second-order valence-electron chi connectivity index (χ2n) is 14.5. The van der Waals surface area contributed by atoms with Crippen molar-refractivity contribution in [2.24, 2.45) is 0 Å². The smallest absolute Gasteiger partial charge is 0.306 e. The van der Waals surface area contributed by atoms with Gasteiger partial charge in [-0.3, -0.25) is 9.59 Å². The van der Waals surface area contributed by atoms with E-state index in [1.54, 1.807) is 21.1 Å². The number of quaternary nitrogens is 1. The first-order valence-corrected chi connectivity index (χ1v) is 20.5. The summed E-state index contributed by atoms with van der Waals surface area (Å²) in [7, 11) is 5.37. The maximum atomic E-state index is 12.7. The molecule has 0 saturated carbocycles. The Morgan fingerprint density at radius 2 is 1.08 bits per heavy atom. The number of aliphatic carboxylic acids is 1. The summed E-state index contributed by atoms with van der Waals surface area (Å²) < 4.78 is 17.0. The Morgan fingerprint density at radius 1 is 0.585 bits per heavy atom. The van der Waals surface area contributed by atoms with Crippen LogP contribution in [0.1, 0.15) is 142 Å². The van der Waals surface area contributed by atoms with E-state index in [2.05, 4.69) is 86.8 Å². The highest BCUT2D eigenvalue weighted by atomic mass is 16.6. The van der Waals surface area contributed by atoms with Crippen LogP contribution in [0, 0.1) is 0 Å². The molecule has 0 fully saturated rings. The molecule has 0 aromatic heterocycles. The highest BCUT2D eigenvalue weighted by Gasteiger charge is 2.25. The third-order valence-corrected chi connectivity index (χ3v) is 8.58. The molecular weight excluding hydrogens is 666 g/mol. The minimum absolute atomic E-state index is 0.0104. The molecule has 53 heavy (non-hydrogen) atoms. The van der Waals surface area contributed by atoms with Crippen LogP contribution in [-0.4, -0.2) is 75.5 Å². The summed E-state index contributed by atoms with van der Waals surface area (Å²) >= 11 is 0. The van der Waals surface area contributed by atoms with Crippen molar-refractivity contribution in [2.75, 3.05) is 41.0 Å². The third kappa shape index (κ3) is 34.3. The van der Waals surface area contributed by atoms with Crippen LogP contribution >= 0.6 is 0 Å². The molecule has 2 atom stereocenters. The third-order valence-electron chi connectivity index (χ3n) is 8.58. The lowest BCUT2D eigenvalue weighted by Crippen LogP contribution is -2.55. The SMILES string of the molecule is CC/C=C/C/C=C/CCCCCCCC(=O)OCC(COCCC(C(=O)[O-])[N+](C)(C)C)OC(=O)CCC/C=C/C/C=C/C/C=C/C/C=C/CCCCC. The van der Waals surface area contributed by atoms with Crippen molar-refractivity contribution >= 4 is 17.9 Å². The summed E-state index contributed by atoms with van der Waals surface area (Å²) in [6.45, 7) is 4.42. The Kier molecular flexibility index (Phi) is 33.6. The number of carboxylic acids is 1. The fourth-order valence-electron chi connectivity index (χ4n) is 5.39. The van der Waals surface area contributed by atoms with E-state index in [4.69, 9.17) is 14.2 Å². The van der Waals surface area contributed by atoms with Gasteiger partial charge >= 0.3 is 11.9 Å². The number of likely N-dealkylation sites (N-methyl/N-ethyl adjacent to an activating group) is 1. The molecule has 8 heteroatoms. The van der Waals surface area contributed by atoms with Crippen molar-refractivity contribution in [3.63, 3.8) is 0 Å². The van der Waals surface area contributed by atoms with Gasteiger partial charge in [0.2, 0.25) is 0 Å². The zero-order valence-corrected chi connectivity index (χ0v) is 34.2. The first kappa shape index (κ1) is 49.8. The highest BCUT2D eigenvalue weighted by Crippen LogP contribution is 2.11. The van der Waals surface area contributed by atoms with Crippen LogP contribution < -0.4 is 5.11 Å². The lowest BCUT2D eigenvalue weighted by Gasteiger charge is -2.34. The van der Waals surface area contributed by atoms with Gasteiger partial charge < -0.3 is 28.6 Å². The van der Waals surface area contributed by atoms with Gasteiger partial charge in [0.15, 0.2) is 6.10 Å². The number of ether oxygens (including phenoxy) is 3. The molecule has 0 amide bonds. The number of carbonyl (C=O) groups excluding carboxylic acids is 3. The molecule has 0 spiro atoms. The van der Waals surface area contributed by atoms with Crippen LogP contribution in [0.5, 0.6) is 0 Å². The van der Waals surface area contributed by atoms with E-state index in [9.17, 15) is 19.5 Å². The van der Waals surface area contributed by atoms with Gasteiger partial charge in [0.05, 0.1) is 40.3 Å². The number of carbonyl (C=O) groups is 3. The van der Waals surface area contributed by atoms with E-state index in [1.807, 2.05) is 0 Å². The van der Waals surface area contributed by atoms with Crippen molar-refractivity contribution < 1.29 is 38.2 Å². The molecule has 8 nitrogen and oxygen atoms in total. The Balaban J connectivity index is 4.52. The van der Waals surface area contributed by atoms with Crippen molar-refractivity contribution in [1.82, 2.24) is 0 Å². The topological polar surface area (TPSA) is 102 Å². The molecule has 2 unspecified atom stereocenters. The first-order valence-electron chi connectivity index (χ1n) is 20.5. The number of carboxylic acid groups (broad SMARTS) is 1. The minimum atomic E-state index is -1.14. The Morgan fingerprint density at radius 3 is 1.62 bits per heavy atom. The van der Waals surface area contributed by atoms with E-state index in [1.165, 1.54) is 25.7 Å². The second kappa shape index (κ2) is 35.8. The summed E-state index contributed by atoms with van der Waals surface area (Å²) in [6, 6.07) is -0.740. The number of nitrogens with zero attached hydrogens (tertiary/aromatic N) is 1. The van der Waals surface area contributed by atoms with Crippen molar-refractivity contribution in [2.45, 2.75) is 154 Å². The zero-order valence-electron chi connectivity index (χ0n) is 34.2. The summed E-state index contributed by atoms with van der Waals surface area (Å²) in [4.78, 5) is 36.7. The normalized spacial score (nSPS) is 13.8. The second-order valence-corrected chi connectivity index (χ2v) is 14.5. The van der Waals surface area contributed by atoms with E-state index >= 15 is 0 Å². The number of unbranched alkanes of at least 4 members (excludes halogenated alkanes) is 9. The molecule has 0 radical (unpaired) electrons. The van der Waals surface area contributed by atoms with Gasteiger partial charge in [-0.25, -0.2) is 0 Å². The molecule has 0 aliphatic rings. The molecule has 0 aliphatic heterocycles. The molecule has 0 bridgehead atoms. The van der Waals surface area contributed by atoms with Gasteiger partial charge in [-0.05, 0) is 77.0 Å². The lowest BCUT2D eigenvalue weighted by atomic mass is 10.1. The number of rotatable bonds is 35. The van der Waals surface area contributed by atoms with Gasteiger partial charge in [-0.1, -0.05) is 119 Å². The largest absolute Gasteiger partial charge is 0.544 e. The van der Waals surface area contributed by atoms with Gasteiger partial charge in [0.25, 0.3) is 0 Å². The van der Waals surface area contributed by atoms with Crippen molar-refractivity contribution in [3.8, 4) is 0 Å². The summed E-state index contributed by atoms with van der Waals surface area (Å²) in [5, 5.41) is 11.6. The van der Waals surface area contributed by atoms with Crippen LogP contribution in [0.15, 0.2) is 72.9 Å². The molecule has 0 rings (SSSR count). The van der Waals surface area contributed by atoms with Crippen LogP contribution in [0.2, 0.25) is 0 Å². The lowest BCUT2D eigenvalue weighted by molar-refractivity contribution is -0.889. The van der Waals surface area contributed by atoms with Gasteiger partial charge in [0.1, 0.15) is 12.6 Å². The maximum absolute atomic E-state index is 12.7. The molecule has 0 saturated heterocycles. The van der Waals surface area contributed by atoms with E-state index < -0.39 is 18.1 Å². The Labute approximate surface area is 323 Å². The average Bonchev–Trinajstić information content (AvgIpc) is 3.11. The molecule has 0 N–H and O–H groups in total. The predicted molar refractivity (Wildman–Crippen MR) is 217 cm³/mol. The van der Waals surface area contributed by atoms with Gasteiger partial charge in [0, 0.05) is 19.3 Å². The molecule has 0 heterocycles. The van der Waals surface area contributed by atoms with Crippen molar-refractivity contribution in [1.29, 1.82) is 0 Å². The van der Waals surface area contributed by atoms with Crippen LogP contribution in [0.3, 0.4) is 0 Å². The van der Waals surface area contributed by atoms with Gasteiger partial charge in [-0.15, -0.1) is 0 Å². The number of hydrogen-bond donors (Lipinski definition) is 0. The minimum Gasteiger partial charge on any atom is -0.544 e. The van der Waals surface area contributed by atoms with Gasteiger partial charge in [-0.2, -0.15) is 0 Å². The summed E-state index contributed by atoms with van der Waals surface area (Å²) in [6.07, 6.45) is 43.6. The Bertz CT molecular complexity index is 1100. The van der Waals surface area contributed by atoms with E-state index in [0.29, 0.717) is 12.8 Å². The van der Waals surface area contributed by atoms with E-state index in [0.717, 1.165) is 77.0 Å². The number of hydrogen-bond acceptors (Lipinski definition) is 7. The summed E-state index contributed by atoms with van der Waals surface area (Å²) in [5.74, 6) is -1.84. The average molecular weight is 742 g/mol. The zero-order chi connectivity index (χ0) is 39.3. The fraction of sp³-hybridized carbons (Fsp3) is 0.667. The maximum Gasteiger partial charge on any atom is 0.306 e. The van der Waals surface area contributed by atoms with Crippen LogP contribution in [0.4, 0.5) is 0 Å². The predicted octanol–water partition coefficient (Wildman–Crippen LogP) is 9.46. The fourth-order valence-corrected chi connectivity index (χ4v) is 5.39. The number of esters is 2. The highest BCUT2D eigenvalue weighted by molar-refractivity contribution is 5.70. The Hall–Kier alpha value is -3.23. The molecule has 302 valence electrons. The summed E-state index contributed by atoms with van der Waals surface area (Å²) in [5.41, 5.74) is 0. The van der Waals surface area contributed by atoms with E-state index in [-0.39, 0.29) is 49.1 Å². The quantitative estimate of drug-likeness (QED) is 0.0276. The molecule has 0 aromatic carbocycles. The van der Waals surface area contributed by atoms with Crippen molar-refractivity contribution in [3.05, 3.63) is 72.9 Å². The van der Waals surface area contributed by atoms with Crippen LogP contribution in [-0.2, 0) is 28.6 Å². The first-order chi connectivity index (χ1) is 25.6. The molecule has 0 aromatic rings. The molecule has 0 aliphatic carbocycles. The standard InChI is InChI=1S/C45H75NO7/c1-6-8-10-12-14-16-18-20-21-22-23-24-26-28-30-32-34-36-44(48)53-41(39-51-38-37-42(45(49)50)46(3,4)5)40-52-43(47)35-33-31-29-27-25-19-17-15-13-11-9-7-2/h9,11,14-17,20-21,23-24,28,30,41-42H,6-8,10,12-13,18-19,22,25-27,29,31-40H2,1-5H3/b11-9+,16-14+,17-15+,21-20+,24-23+,30-28+. The monoisotopic (exact) mass is 742 g/mol. The van der Waals surface area contributed by atoms with Crippen LogP contribution in [0.25, 0.3) is 0 Å². The number of allylic oxidation sites excluding steroid dienone is 12. The molecular formula is C45H75NO7.